The van der Waals surface area contributed by atoms with Crippen LogP contribution in [0.25, 0.3) is 0 Å². The van der Waals surface area contributed by atoms with Gasteiger partial charge >= 0.3 is 0 Å². The summed E-state index contributed by atoms with van der Waals surface area (Å²) in [6.07, 6.45) is 99.5. The van der Waals surface area contributed by atoms with E-state index in [9.17, 15) is 0 Å². The van der Waals surface area contributed by atoms with Gasteiger partial charge in [-0.3, -0.25) is 0 Å². The molecule has 17 atom stereocenters. The van der Waals surface area contributed by atoms with Gasteiger partial charge in [-0.05, 0) is 405 Å². The van der Waals surface area contributed by atoms with Crippen LogP contribution in [0, 0.1) is 218 Å². The monoisotopic (exact) mass is 1360 g/mol. The van der Waals surface area contributed by atoms with Gasteiger partial charge in [-0.25, -0.2) is 0 Å². The maximum absolute atomic E-state index is 2.38. The molecule has 35 aliphatic carbocycles. The third-order valence-electron chi connectivity index (χ3n) is 40.8. The largest absolute Gasteiger partial charge is 0.0851 e. The van der Waals surface area contributed by atoms with E-state index in [1.165, 1.54) is 381 Å². The second-order valence-electron chi connectivity index (χ2n) is 45.3. The highest BCUT2D eigenvalue weighted by Gasteiger charge is 2.97. The molecule has 35 aliphatic rings. The van der Waals surface area contributed by atoms with Crippen LogP contribution in [-0.2, 0) is 0 Å². The highest BCUT2D eigenvalue weighted by atomic mass is 15.0. The van der Waals surface area contributed by atoms with Crippen molar-refractivity contribution in [3.63, 3.8) is 0 Å². The van der Waals surface area contributed by atoms with Crippen molar-refractivity contribution in [2.24, 2.45) is 218 Å². The van der Waals surface area contributed by atoms with Crippen LogP contribution in [-0.4, -0.2) is 0 Å². The quantitative estimate of drug-likeness (QED) is 0.168. The van der Waals surface area contributed by atoms with Gasteiger partial charge in [-0.1, -0.05) is 218 Å². The SMILES string of the molecule is C12C3C4C1C1C2C3C41.C1=CC2CCC1C2.C1C2C3CC4C5CC3C1C5C24.C1C2CC3C1C3C2.C1C2CC3CC1CC(C2)C3.C1C2CC3CC1CC3C2.C1CC2CC3CCCC3(C1)C2.C1CCC2C3CCC2C(C1)C3.C1CCCC1.C1CCCCC1.C1CCCCCC1.C1CCCCCCC1. The normalized spacial score (nSPS) is 55.8. The van der Waals surface area contributed by atoms with Crippen molar-refractivity contribution in [3.8, 4) is 0 Å². The Morgan fingerprint density at radius 2 is 0.490 bits per heavy atom. The Kier molecular flexibility index (Phi) is 20.8. The van der Waals surface area contributed by atoms with Gasteiger partial charge in [0.2, 0.25) is 0 Å². The molecular formula is C100H160. The van der Waals surface area contributed by atoms with E-state index in [0.29, 0.717) is 0 Å². The first-order valence-electron chi connectivity index (χ1n) is 49.2. The Morgan fingerprint density at radius 3 is 0.840 bits per heavy atom. The minimum absolute atomic E-state index is 0.906. The van der Waals surface area contributed by atoms with Crippen LogP contribution in [0.5, 0.6) is 0 Å². The van der Waals surface area contributed by atoms with Gasteiger partial charge < -0.3 is 0 Å². The fourth-order valence-electron chi connectivity index (χ4n) is 37.2. The fraction of sp³-hybridized carbons (Fsp3) is 0.980. The van der Waals surface area contributed by atoms with Crippen molar-refractivity contribution >= 4 is 0 Å². The van der Waals surface area contributed by atoms with E-state index in [1.54, 1.807) is 205 Å². The van der Waals surface area contributed by atoms with Crippen LogP contribution in [0.1, 0.15) is 392 Å². The van der Waals surface area contributed by atoms with Gasteiger partial charge in [-0.15, -0.1) is 0 Å². The molecule has 17 unspecified atom stereocenters. The topological polar surface area (TPSA) is 0 Å². The summed E-state index contributed by atoms with van der Waals surface area (Å²) in [4.78, 5) is 0. The molecule has 0 amide bonds. The number of hydrogen-bond acceptors (Lipinski definition) is 0. The smallest absolute Gasteiger partial charge is 0.0228 e. The van der Waals surface area contributed by atoms with Crippen molar-refractivity contribution in [2.45, 2.75) is 392 Å². The van der Waals surface area contributed by atoms with Crippen molar-refractivity contribution < 1.29 is 0 Å². The van der Waals surface area contributed by atoms with Gasteiger partial charge in [0.1, 0.15) is 0 Å². The zero-order valence-corrected chi connectivity index (χ0v) is 65.6. The van der Waals surface area contributed by atoms with Gasteiger partial charge in [-0.2, -0.15) is 0 Å². The van der Waals surface area contributed by atoms with Gasteiger partial charge in [0.25, 0.3) is 0 Å². The lowest BCUT2D eigenvalue weighted by molar-refractivity contribution is -0.565. The summed E-state index contributed by atoms with van der Waals surface area (Å²) in [7, 11) is 0. The molecule has 0 aromatic carbocycles. The third kappa shape index (κ3) is 13.3. The van der Waals surface area contributed by atoms with E-state index in [0.717, 1.165) is 23.2 Å². The van der Waals surface area contributed by atoms with E-state index in [-0.39, 0.29) is 0 Å². The number of rotatable bonds is 0. The minimum atomic E-state index is 0.906. The van der Waals surface area contributed by atoms with Crippen LogP contribution >= 0.6 is 0 Å². The number of fused-ring (bicyclic) bond motifs is 5. The summed E-state index contributed by atoms with van der Waals surface area (Å²) in [5, 5.41) is 0. The van der Waals surface area contributed by atoms with E-state index in [1.807, 2.05) is 0 Å². The maximum Gasteiger partial charge on any atom is -0.0228 e. The summed E-state index contributed by atoms with van der Waals surface area (Å²) in [6.45, 7) is 0. The van der Waals surface area contributed by atoms with Crippen LogP contribution in [0.15, 0.2) is 12.2 Å². The molecule has 0 nitrogen and oxygen atoms in total. The molecule has 0 aliphatic heterocycles. The molecular weight excluding hydrogens is 1200 g/mol. The zero-order chi connectivity index (χ0) is 65.8. The third-order valence-corrected chi connectivity index (χ3v) is 40.8. The highest BCUT2D eigenvalue weighted by molar-refractivity contribution is 5.44. The molecule has 0 radical (unpaired) electrons. The molecule has 0 heterocycles. The molecule has 34 saturated carbocycles. The van der Waals surface area contributed by atoms with Crippen LogP contribution < -0.4 is 0 Å². The minimum Gasteiger partial charge on any atom is -0.0851 e. The zero-order valence-electron chi connectivity index (χ0n) is 65.6. The summed E-state index contributed by atoms with van der Waals surface area (Å²) in [5.74, 6) is 44.3. The molecule has 0 aromatic rings. The van der Waals surface area contributed by atoms with Gasteiger partial charge in [0.15, 0.2) is 0 Å². The first-order valence-corrected chi connectivity index (χ1v) is 49.2. The van der Waals surface area contributed by atoms with Gasteiger partial charge in [0, 0.05) is 0 Å². The Bertz CT molecular complexity index is 2320. The fourth-order valence-corrected chi connectivity index (χ4v) is 37.2. The molecule has 0 aromatic heterocycles. The molecule has 560 valence electrons. The molecule has 0 saturated heterocycles. The van der Waals surface area contributed by atoms with Crippen LogP contribution in [0.2, 0.25) is 0 Å². The molecule has 22 bridgehead atoms. The molecule has 34 fully saturated rings. The average Bonchev–Trinajstić information content (AvgIpc) is 0.818. The van der Waals surface area contributed by atoms with E-state index >= 15 is 0 Å². The standard InChI is InChI=1S/C11H14.2C11H18.C10H16.C9H14.C8H8.C8H16.2C7H10.C7H14.C6H12.C5H10/c1-4-5-2-9-8(1)10-6(4)3-7(5)11(9)10;1-3-9-7-10-4-2-6-11(10,5-1)8-9;1-2-4-10-9-5-6-11(10)8(3-1)7-9;1-7-2-9-4-8(1)5-10(3-7)6-9;1-6-2-8-4-7(1)5-9(8)3-6;1-2-5-3(1)7-4(1)6(2)8(5)7;1-2-4-6-8-7-5-3-1;1-4-2-6-5(1)7(6)3-4;1-2-7-4-3-6(1)5-7;1-2-4-6-7-5-3-1;1-2-4-6-5-3-1;1-2-4-5-3-1/h4-11H,1-3H2;9-10H,1-8H2;8-11H,1-7H2;7-10H,1-6H2;6-9H,1-5H2;1-8H;1-8H2;4-7H,1-3H2;1-2,6-7H,3-5H2;1-7H2;1-6H2;1-5H2. The van der Waals surface area contributed by atoms with Crippen molar-refractivity contribution in [1.82, 2.24) is 0 Å². The molecule has 100 heavy (non-hydrogen) atoms. The Labute approximate surface area is 618 Å². The molecule has 0 heteroatoms. The van der Waals surface area contributed by atoms with E-state index in [2.05, 4.69) is 12.2 Å². The first-order chi connectivity index (χ1) is 49.5. The second kappa shape index (κ2) is 30.2. The maximum atomic E-state index is 2.38. The lowest BCUT2D eigenvalue weighted by Crippen LogP contribution is -3.00. The summed E-state index contributed by atoms with van der Waals surface area (Å²) in [6, 6.07) is 0. The Hall–Kier alpha value is -0.260. The van der Waals surface area contributed by atoms with Crippen LogP contribution in [0.4, 0.5) is 0 Å². The average molecular weight is 1360 g/mol. The van der Waals surface area contributed by atoms with E-state index in [4.69, 9.17) is 0 Å². The second-order valence-corrected chi connectivity index (χ2v) is 45.3. The lowest BCUT2D eigenvalue weighted by atomic mass is 9.01. The first kappa shape index (κ1) is 69.0. The lowest BCUT2D eigenvalue weighted by Gasteiger charge is -3.03. The summed E-state index contributed by atoms with van der Waals surface area (Å²) < 4.78 is 0. The van der Waals surface area contributed by atoms with Crippen molar-refractivity contribution in [2.75, 3.05) is 0 Å². The molecule has 1 spiro atoms. The van der Waals surface area contributed by atoms with Crippen LogP contribution in [0.3, 0.4) is 0 Å². The number of allylic oxidation sites excluding steroid dienone is 2. The van der Waals surface area contributed by atoms with Crippen molar-refractivity contribution in [1.29, 1.82) is 0 Å². The predicted octanol–water partition coefficient (Wildman–Crippen LogP) is 28.8. The van der Waals surface area contributed by atoms with Crippen molar-refractivity contribution in [3.05, 3.63) is 12.2 Å². The highest BCUT2D eigenvalue weighted by Crippen LogP contribution is 3.01. The predicted molar refractivity (Wildman–Crippen MR) is 419 cm³/mol. The Morgan fingerprint density at radius 1 is 0.170 bits per heavy atom. The molecule has 0 N–H and O–H groups in total. The Balaban J connectivity index is 0.0000000741. The summed E-state index contributed by atoms with van der Waals surface area (Å²) >= 11 is 0. The number of hydrogen-bond donors (Lipinski definition) is 0. The summed E-state index contributed by atoms with van der Waals surface area (Å²) in [5.41, 5.74) is 0.906. The van der Waals surface area contributed by atoms with E-state index < -0.39 is 0 Å². The van der Waals surface area contributed by atoms with Gasteiger partial charge in [0.05, 0.1) is 0 Å². The molecule has 35 rings (SSSR count).